The number of thioether (sulfide) groups is 1. The summed E-state index contributed by atoms with van der Waals surface area (Å²) in [5, 5.41) is 0. The van der Waals surface area contributed by atoms with Crippen molar-refractivity contribution >= 4 is 23.4 Å². The summed E-state index contributed by atoms with van der Waals surface area (Å²) in [5.41, 5.74) is 1.20. The van der Waals surface area contributed by atoms with Crippen molar-refractivity contribution in [1.29, 1.82) is 0 Å². The third-order valence-corrected chi connectivity index (χ3v) is 6.20. The zero-order chi connectivity index (χ0) is 16.4. The highest BCUT2D eigenvalue weighted by molar-refractivity contribution is 7.99. The number of nitrogens with zero attached hydrogens (tertiary/aromatic N) is 2. The van der Waals surface area contributed by atoms with E-state index in [4.69, 9.17) is 9.47 Å². The van der Waals surface area contributed by atoms with Gasteiger partial charge in [-0.1, -0.05) is 12.1 Å². The predicted molar refractivity (Wildman–Crippen MR) is 94.4 cm³/mol. The summed E-state index contributed by atoms with van der Waals surface area (Å²) in [5.74, 6) is 0.912. The average molecular weight is 348 g/mol. The number of carbonyl (C=O) groups excluding carboxylic acids is 1. The Morgan fingerprint density at radius 3 is 2.67 bits per heavy atom. The van der Waals surface area contributed by atoms with E-state index in [0.29, 0.717) is 19.8 Å². The Morgan fingerprint density at radius 1 is 1.12 bits per heavy atom. The maximum Gasteiger partial charge on any atom is 0.242 e. The molecule has 0 bridgehead atoms. The van der Waals surface area contributed by atoms with Crippen molar-refractivity contribution in [1.82, 2.24) is 4.90 Å². The molecule has 0 unspecified atom stereocenters. The van der Waals surface area contributed by atoms with Crippen molar-refractivity contribution < 1.29 is 14.3 Å². The number of anilines is 1. The molecule has 6 heteroatoms. The highest BCUT2D eigenvalue weighted by atomic mass is 32.2. The second-order valence-electron chi connectivity index (χ2n) is 6.58. The number of benzene rings is 1. The first-order valence-electron chi connectivity index (χ1n) is 8.78. The Morgan fingerprint density at radius 2 is 1.88 bits per heavy atom. The molecule has 0 radical (unpaired) electrons. The molecule has 3 aliphatic rings. The summed E-state index contributed by atoms with van der Waals surface area (Å²) < 4.78 is 11.5. The van der Waals surface area contributed by atoms with Crippen molar-refractivity contribution in [3.63, 3.8) is 0 Å². The molecule has 1 amide bonds. The fraction of sp³-hybridized carbons (Fsp3) is 0.611. The Balaban J connectivity index is 1.39. The highest BCUT2D eigenvalue weighted by Gasteiger charge is 2.40. The molecule has 0 aromatic heterocycles. The molecule has 0 N–H and O–H groups in total. The van der Waals surface area contributed by atoms with Gasteiger partial charge in [0.2, 0.25) is 5.91 Å². The molecule has 1 aromatic rings. The van der Waals surface area contributed by atoms with Crippen molar-refractivity contribution in [2.75, 3.05) is 50.0 Å². The summed E-state index contributed by atoms with van der Waals surface area (Å²) >= 11 is 1.89. The van der Waals surface area contributed by atoms with Crippen LogP contribution in [0.15, 0.2) is 29.2 Å². The van der Waals surface area contributed by atoms with E-state index in [0.717, 1.165) is 44.6 Å². The van der Waals surface area contributed by atoms with Gasteiger partial charge < -0.3 is 19.3 Å². The Bertz CT molecular complexity index is 594. The molecular weight excluding hydrogens is 324 g/mol. The zero-order valence-corrected chi connectivity index (χ0v) is 14.7. The van der Waals surface area contributed by atoms with Gasteiger partial charge >= 0.3 is 0 Å². The summed E-state index contributed by atoms with van der Waals surface area (Å²) in [6, 6.07) is 8.42. The van der Waals surface area contributed by atoms with Gasteiger partial charge in [-0.2, -0.15) is 0 Å². The summed E-state index contributed by atoms with van der Waals surface area (Å²) in [7, 11) is 0. The van der Waals surface area contributed by atoms with Crippen LogP contribution in [0.5, 0.6) is 0 Å². The molecule has 5 nitrogen and oxygen atoms in total. The molecule has 130 valence electrons. The van der Waals surface area contributed by atoms with Gasteiger partial charge in [-0.3, -0.25) is 4.79 Å². The lowest BCUT2D eigenvalue weighted by atomic mass is 10.0. The number of para-hydroxylation sites is 1. The normalized spacial score (nSPS) is 23.2. The molecule has 1 aromatic carbocycles. The van der Waals surface area contributed by atoms with Crippen LogP contribution in [0.4, 0.5) is 5.69 Å². The minimum Gasteiger partial charge on any atom is -0.361 e. The van der Waals surface area contributed by atoms with E-state index >= 15 is 0 Å². The van der Waals surface area contributed by atoms with E-state index in [1.807, 2.05) is 16.7 Å². The third-order valence-electron chi connectivity index (χ3n) is 5.05. The van der Waals surface area contributed by atoms with Crippen LogP contribution in [-0.2, 0) is 14.3 Å². The van der Waals surface area contributed by atoms with Gasteiger partial charge in [-0.05, 0) is 24.3 Å². The number of rotatable bonds is 2. The molecule has 0 aliphatic carbocycles. The number of carbonyl (C=O) groups is 1. The fourth-order valence-electron chi connectivity index (χ4n) is 3.71. The number of likely N-dealkylation sites (tertiary alicyclic amines) is 1. The van der Waals surface area contributed by atoms with Crippen molar-refractivity contribution in [2.45, 2.75) is 29.9 Å². The molecule has 3 heterocycles. The molecule has 1 spiro atoms. The van der Waals surface area contributed by atoms with Gasteiger partial charge in [0.1, 0.15) is 0 Å². The average Bonchev–Trinajstić information content (AvgIpc) is 2.96. The van der Waals surface area contributed by atoms with Crippen LogP contribution in [0.25, 0.3) is 0 Å². The number of hydrogen-bond acceptors (Lipinski definition) is 5. The summed E-state index contributed by atoms with van der Waals surface area (Å²) in [4.78, 5) is 18.3. The summed E-state index contributed by atoms with van der Waals surface area (Å²) in [6.07, 6.45) is 2.67. The lowest BCUT2D eigenvalue weighted by Gasteiger charge is -2.38. The SMILES string of the molecule is O=C(CN1CCCSc2ccccc21)N1CCC2(CC1)OCCO2. The van der Waals surface area contributed by atoms with E-state index in [1.165, 1.54) is 10.6 Å². The van der Waals surface area contributed by atoms with E-state index < -0.39 is 5.79 Å². The van der Waals surface area contributed by atoms with Crippen molar-refractivity contribution in [2.24, 2.45) is 0 Å². The molecule has 0 saturated carbocycles. The van der Waals surface area contributed by atoms with Crippen LogP contribution in [0.2, 0.25) is 0 Å². The van der Waals surface area contributed by atoms with Gasteiger partial charge in [0.25, 0.3) is 0 Å². The van der Waals surface area contributed by atoms with Crippen molar-refractivity contribution in [3.8, 4) is 0 Å². The fourth-order valence-corrected chi connectivity index (χ4v) is 4.72. The van der Waals surface area contributed by atoms with Crippen molar-refractivity contribution in [3.05, 3.63) is 24.3 Å². The highest BCUT2D eigenvalue weighted by Crippen LogP contribution is 2.34. The van der Waals surface area contributed by atoms with Crippen LogP contribution >= 0.6 is 11.8 Å². The van der Waals surface area contributed by atoms with Crippen LogP contribution in [-0.4, -0.2) is 61.7 Å². The number of amides is 1. The number of ether oxygens (including phenoxy) is 2. The van der Waals surface area contributed by atoms with Crippen LogP contribution in [0.1, 0.15) is 19.3 Å². The lowest BCUT2D eigenvalue weighted by Crippen LogP contribution is -2.50. The quantitative estimate of drug-likeness (QED) is 0.821. The number of piperidine rings is 1. The van der Waals surface area contributed by atoms with Crippen LogP contribution in [0, 0.1) is 0 Å². The van der Waals surface area contributed by atoms with Gasteiger partial charge in [-0.15, -0.1) is 11.8 Å². The van der Waals surface area contributed by atoms with E-state index in [2.05, 4.69) is 29.2 Å². The largest absolute Gasteiger partial charge is 0.361 e. The smallest absolute Gasteiger partial charge is 0.242 e. The standard InChI is InChI=1S/C18H24N2O3S/c21-17(19-9-6-18(7-10-19)22-11-12-23-18)14-20-8-3-13-24-16-5-2-1-4-15(16)20/h1-2,4-5H,3,6-14H2. The van der Waals surface area contributed by atoms with Gasteiger partial charge in [-0.25, -0.2) is 0 Å². The maximum atomic E-state index is 12.8. The molecular formula is C18H24N2O3S. The molecule has 4 rings (SSSR count). The molecule has 0 atom stereocenters. The monoisotopic (exact) mass is 348 g/mol. The Hall–Kier alpha value is -1.24. The third kappa shape index (κ3) is 3.27. The summed E-state index contributed by atoms with van der Waals surface area (Å²) in [6.45, 7) is 4.21. The maximum absolute atomic E-state index is 12.8. The first-order valence-corrected chi connectivity index (χ1v) is 9.77. The van der Waals surface area contributed by atoms with Crippen LogP contribution in [0.3, 0.4) is 0 Å². The Kier molecular flexibility index (Phi) is 4.70. The second kappa shape index (κ2) is 6.94. The zero-order valence-electron chi connectivity index (χ0n) is 13.9. The second-order valence-corrected chi connectivity index (χ2v) is 7.72. The lowest BCUT2D eigenvalue weighted by molar-refractivity contribution is -0.187. The van der Waals surface area contributed by atoms with Gasteiger partial charge in [0.05, 0.1) is 25.4 Å². The molecule has 2 saturated heterocycles. The van der Waals surface area contributed by atoms with Gasteiger partial charge in [0, 0.05) is 37.4 Å². The van der Waals surface area contributed by atoms with Crippen LogP contribution < -0.4 is 4.90 Å². The molecule has 24 heavy (non-hydrogen) atoms. The predicted octanol–water partition coefficient (Wildman–Crippen LogP) is 2.35. The number of hydrogen-bond donors (Lipinski definition) is 0. The number of fused-ring (bicyclic) bond motifs is 1. The van der Waals surface area contributed by atoms with E-state index in [-0.39, 0.29) is 5.91 Å². The van der Waals surface area contributed by atoms with Gasteiger partial charge in [0.15, 0.2) is 5.79 Å². The first-order chi connectivity index (χ1) is 11.8. The minimum atomic E-state index is -0.414. The minimum absolute atomic E-state index is 0.213. The molecule has 2 fully saturated rings. The molecule has 3 aliphatic heterocycles. The topological polar surface area (TPSA) is 42.0 Å². The van der Waals surface area contributed by atoms with E-state index in [1.54, 1.807) is 0 Å². The first kappa shape index (κ1) is 16.2. The Labute approximate surface area is 147 Å². The van der Waals surface area contributed by atoms with E-state index in [9.17, 15) is 4.79 Å².